The van der Waals surface area contributed by atoms with Gasteiger partial charge in [0.15, 0.2) is 5.82 Å². The van der Waals surface area contributed by atoms with Crippen LogP contribution >= 0.6 is 11.6 Å². The van der Waals surface area contributed by atoms with Gasteiger partial charge in [0, 0.05) is 17.0 Å². The number of ether oxygens (including phenoxy) is 1. The summed E-state index contributed by atoms with van der Waals surface area (Å²) in [5.74, 6) is 2.22. The van der Waals surface area contributed by atoms with E-state index < -0.39 is 0 Å². The Labute approximate surface area is 212 Å². The SMILES string of the molecule is Clc1ccc2c(c1)-c1nnc(Cc3ccccc3)n1Cc1c(C3=N[C@H](c4ccccc4)CO3)ncn1-2. The van der Waals surface area contributed by atoms with E-state index in [9.17, 15) is 0 Å². The molecule has 1 atom stereocenters. The fraction of sp³-hybridized carbons (Fsp3) is 0.143. The van der Waals surface area contributed by atoms with Gasteiger partial charge < -0.3 is 9.30 Å². The van der Waals surface area contributed by atoms with E-state index >= 15 is 0 Å². The monoisotopic (exact) mass is 492 g/mol. The molecule has 2 aromatic heterocycles. The average molecular weight is 493 g/mol. The molecule has 0 saturated carbocycles. The number of benzene rings is 3. The van der Waals surface area contributed by atoms with Crippen molar-refractivity contribution in [2.45, 2.75) is 19.0 Å². The summed E-state index contributed by atoms with van der Waals surface area (Å²) in [4.78, 5) is 9.66. The van der Waals surface area contributed by atoms with Crippen LogP contribution in [0.3, 0.4) is 0 Å². The summed E-state index contributed by atoms with van der Waals surface area (Å²) in [5, 5.41) is 9.82. The Hall–Kier alpha value is -4.23. The first kappa shape index (κ1) is 21.1. The van der Waals surface area contributed by atoms with Crippen LogP contribution in [0.25, 0.3) is 17.1 Å². The number of halogens is 1. The standard InChI is InChI=1S/C28H21ClN6O/c29-20-11-12-23-21(14-20)27-33-32-25(13-18-7-3-1-4-8-18)34(27)15-24-26(30-17-35(23)24)28-31-22(16-36-28)19-9-5-2-6-10-19/h1-12,14,17,22H,13,15-16H2/t22-/m0/s1. The third-order valence-corrected chi connectivity index (χ3v) is 6.94. The number of hydrogen-bond acceptors (Lipinski definition) is 5. The highest BCUT2D eigenvalue weighted by Crippen LogP contribution is 2.35. The van der Waals surface area contributed by atoms with Crippen LogP contribution in [0.5, 0.6) is 0 Å². The zero-order valence-electron chi connectivity index (χ0n) is 19.3. The Kier molecular flexibility index (Phi) is 4.96. The van der Waals surface area contributed by atoms with Crippen LogP contribution in [0.4, 0.5) is 0 Å². The maximum atomic E-state index is 6.42. The first-order chi connectivity index (χ1) is 17.7. The molecular weight excluding hydrogens is 472 g/mol. The Bertz CT molecular complexity index is 1610. The van der Waals surface area contributed by atoms with E-state index in [1.54, 1.807) is 0 Å². The number of nitrogens with zero attached hydrogens (tertiary/aromatic N) is 6. The Balaban J connectivity index is 1.35. The van der Waals surface area contributed by atoms with Crippen LogP contribution in [0.2, 0.25) is 5.02 Å². The lowest BCUT2D eigenvalue weighted by molar-refractivity contribution is 0.319. The summed E-state index contributed by atoms with van der Waals surface area (Å²) >= 11 is 6.42. The molecule has 2 aliphatic rings. The molecular formula is C28H21ClN6O. The van der Waals surface area contributed by atoms with Crippen molar-refractivity contribution >= 4 is 17.5 Å². The number of aromatic nitrogens is 5. The highest BCUT2D eigenvalue weighted by Gasteiger charge is 2.31. The molecule has 0 bridgehead atoms. The van der Waals surface area contributed by atoms with Gasteiger partial charge in [0.2, 0.25) is 5.90 Å². The number of aliphatic imine (C=N–C) groups is 1. The first-order valence-electron chi connectivity index (χ1n) is 11.8. The first-order valence-corrected chi connectivity index (χ1v) is 12.2. The van der Waals surface area contributed by atoms with Crippen molar-refractivity contribution in [2.75, 3.05) is 6.61 Å². The van der Waals surface area contributed by atoms with Crippen LogP contribution in [-0.2, 0) is 17.7 Å². The van der Waals surface area contributed by atoms with E-state index in [1.807, 2.05) is 60.9 Å². The highest BCUT2D eigenvalue weighted by atomic mass is 35.5. The molecule has 0 radical (unpaired) electrons. The maximum absolute atomic E-state index is 6.42. The lowest BCUT2D eigenvalue weighted by Crippen LogP contribution is -2.12. The van der Waals surface area contributed by atoms with E-state index in [0.717, 1.165) is 39.9 Å². The smallest absolute Gasteiger partial charge is 0.238 e. The Morgan fingerprint density at radius 1 is 0.944 bits per heavy atom. The molecule has 0 spiro atoms. The van der Waals surface area contributed by atoms with Gasteiger partial charge in [-0.3, -0.25) is 4.57 Å². The summed E-state index contributed by atoms with van der Waals surface area (Å²) in [7, 11) is 0. The largest absolute Gasteiger partial charge is 0.474 e. The van der Waals surface area contributed by atoms with Crippen LogP contribution < -0.4 is 0 Å². The van der Waals surface area contributed by atoms with Crippen molar-refractivity contribution in [3.8, 4) is 17.1 Å². The highest BCUT2D eigenvalue weighted by molar-refractivity contribution is 6.31. The van der Waals surface area contributed by atoms with Gasteiger partial charge >= 0.3 is 0 Å². The number of fused-ring (bicyclic) bond motifs is 5. The second-order valence-electron chi connectivity index (χ2n) is 8.93. The molecule has 36 heavy (non-hydrogen) atoms. The second kappa shape index (κ2) is 8.46. The third kappa shape index (κ3) is 3.51. The number of rotatable bonds is 4. The minimum Gasteiger partial charge on any atom is -0.474 e. The molecule has 7 nitrogen and oxygen atoms in total. The average Bonchev–Trinajstić information content (AvgIpc) is 3.63. The van der Waals surface area contributed by atoms with Gasteiger partial charge in [-0.05, 0) is 29.3 Å². The molecule has 0 unspecified atom stereocenters. The van der Waals surface area contributed by atoms with E-state index in [0.29, 0.717) is 30.5 Å². The predicted molar refractivity (Wildman–Crippen MR) is 138 cm³/mol. The second-order valence-corrected chi connectivity index (χ2v) is 9.37. The predicted octanol–water partition coefficient (Wildman–Crippen LogP) is 5.25. The molecule has 4 heterocycles. The van der Waals surface area contributed by atoms with Gasteiger partial charge in [0.25, 0.3) is 0 Å². The summed E-state index contributed by atoms with van der Waals surface area (Å²) in [6.45, 7) is 1.03. The van der Waals surface area contributed by atoms with Crippen molar-refractivity contribution in [1.29, 1.82) is 0 Å². The van der Waals surface area contributed by atoms with Crippen molar-refractivity contribution < 1.29 is 4.74 Å². The van der Waals surface area contributed by atoms with E-state index in [4.69, 9.17) is 26.3 Å². The number of hydrogen-bond donors (Lipinski definition) is 0. The lowest BCUT2D eigenvalue weighted by Gasteiger charge is -2.10. The van der Waals surface area contributed by atoms with Crippen molar-refractivity contribution in [3.05, 3.63) is 119 Å². The van der Waals surface area contributed by atoms with Crippen molar-refractivity contribution in [2.24, 2.45) is 4.99 Å². The van der Waals surface area contributed by atoms with E-state index in [-0.39, 0.29) is 6.04 Å². The van der Waals surface area contributed by atoms with Crippen LogP contribution in [0.15, 0.2) is 90.2 Å². The van der Waals surface area contributed by atoms with Gasteiger partial charge in [-0.15, -0.1) is 10.2 Å². The van der Waals surface area contributed by atoms with Gasteiger partial charge in [0.05, 0.1) is 17.9 Å². The zero-order chi connectivity index (χ0) is 24.1. The minimum atomic E-state index is -0.0467. The summed E-state index contributed by atoms with van der Waals surface area (Å²) in [6, 6.07) is 26.3. The Morgan fingerprint density at radius 3 is 2.58 bits per heavy atom. The van der Waals surface area contributed by atoms with Crippen molar-refractivity contribution in [3.63, 3.8) is 0 Å². The normalized spacial score (nSPS) is 15.9. The van der Waals surface area contributed by atoms with E-state index in [2.05, 4.69) is 43.6 Å². The van der Waals surface area contributed by atoms with Crippen molar-refractivity contribution in [1.82, 2.24) is 24.3 Å². The molecule has 0 saturated heterocycles. The number of imidazole rings is 1. The van der Waals surface area contributed by atoms with E-state index in [1.165, 1.54) is 5.56 Å². The van der Waals surface area contributed by atoms with Gasteiger partial charge in [-0.2, -0.15) is 0 Å². The molecule has 176 valence electrons. The molecule has 8 heteroatoms. The summed E-state index contributed by atoms with van der Waals surface area (Å²) < 4.78 is 10.3. The van der Waals surface area contributed by atoms with Crippen LogP contribution in [0.1, 0.15) is 34.4 Å². The molecule has 5 aromatic rings. The maximum Gasteiger partial charge on any atom is 0.238 e. The Morgan fingerprint density at radius 2 is 1.75 bits per heavy atom. The molecule has 2 aliphatic heterocycles. The van der Waals surface area contributed by atoms with Gasteiger partial charge in [-0.1, -0.05) is 72.3 Å². The quantitative estimate of drug-likeness (QED) is 0.337. The molecule has 0 fully saturated rings. The molecule has 0 amide bonds. The zero-order valence-corrected chi connectivity index (χ0v) is 20.0. The lowest BCUT2D eigenvalue weighted by atomic mass is 10.1. The fourth-order valence-electron chi connectivity index (χ4n) is 4.92. The van der Waals surface area contributed by atoms with Crippen LogP contribution in [0, 0.1) is 0 Å². The molecule has 3 aromatic carbocycles. The molecule has 0 N–H and O–H groups in total. The van der Waals surface area contributed by atoms with Crippen LogP contribution in [-0.4, -0.2) is 36.8 Å². The van der Waals surface area contributed by atoms with Gasteiger partial charge in [0.1, 0.15) is 30.5 Å². The fourth-order valence-corrected chi connectivity index (χ4v) is 5.09. The summed E-state index contributed by atoms with van der Waals surface area (Å²) in [6.07, 6.45) is 2.50. The van der Waals surface area contributed by atoms with Gasteiger partial charge in [-0.25, -0.2) is 9.98 Å². The topological polar surface area (TPSA) is 70.1 Å². The molecule has 0 aliphatic carbocycles. The minimum absolute atomic E-state index is 0.0467. The molecule has 7 rings (SSSR count). The third-order valence-electron chi connectivity index (χ3n) is 6.70. The summed E-state index contributed by atoms with van der Waals surface area (Å²) in [5.41, 5.74) is 5.87.